The summed E-state index contributed by atoms with van der Waals surface area (Å²) in [5.74, 6) is -126. The normalized spacial score (nSPS) is 15.8. The van der Waals surface area contributed by atoms with Crippen LogP contribution in [-0.2, 0) is 9.59 Å². The van der Waals surface area contributed by atoms with Crippen molar-refractivity contribution in [3.05, 3.63) is 0 Å². The van der Waals surface area contributed by atoms with Gasteiger partial charge in [-0.2, -0.15) is 149 Å². The average Bonchev–Trinajstić information content (AvgIpc) is 2.94. The van der Waals surface area contributed by atoms with Crippen molar-refractivity contribution >= 4 is 11.9 Å². The van der Waals surface area contributed by atoms with Gasteiger partial charge in [0.2, 0.25) is 0 Å². The molecule has 40 heteroatoms. The molecule has 352 valence electrons. The Morgan fingerprint density at radius 3 is 0.431 bits per heavy atom. The Bertz CT molecular complexity index is 1460. The van der Waals surface area contributed by atoms with Crippen LogP contribution in [-0.4, -0.2) is 117 Å². The van der Waals surface area contributed by atoms with Crippen LogP contribution in [0.2, 0.25) is 0 Å². The minimum atomic E-state index is -9.06. The molecule has 6 nitrogen and oxygen atoms in total. The fourth-order valence-electron chi connectivity index (χ4n) is 2.60. The zero-order chi connectivity index (χ0) is 47.2. The van der Waals surface area contributed by atoms with Gasteiger partial charge in [-0.3, -0.25) is 0 Å². The lowest BCUT2D eigenvalue weighted by molar-refractivity contribution is -0.467. The number of aliphatic carboxylic acids is 2. The molecular formula is C18H8F34N2O4. The van der Waals surface area contributed by atoms with Gasteiger partial charge in [-0.1, -0.05) is 0 Å². The van der Waals surface area contributed by atoms with Crippen LogP contribution in [0.3, 0.4) is 0 Å². The summed E-state index contributed by atoms with van der Waals surface area (Å²) < 4.78 is 428. The summed E-state index contributed by atoms with van der Waals surface area (Å²) in [5, 5.41) is 15.2. The number of carboxylic acids is 2. The van der Waals surface area contributed by atoms with E-state index in [1.165, 1.54) is 0 Å². The molecule has 0 unspecified atom stereocenters. The Balaban J connectivity index is -0.000000496. The zero-order valence-electron chi connectivity index (χ0n) is 25.0. The van der Waals surface area contributed by atoms with Crippen molar-refractivity contribution in [2.45, 2.75) is 95.3 Å². The molecule has 0 saturated carbocycles. The van der Waals surface area contributed by atoms with Crippen LogP contribution in [0, 0.1) is 0 Å². The van der Waals surface area contributed by atoms with Crippen molar-refractivity contribution in [3.63, 3.8) is 0 Å². The third kappa shape index (κ3) is 7.69. The molecule has 8 N–H and O–H groups in total. The van der Waals surface area contributed by atoms with E-state index in [0.29, 0.717) is 0 Å². The monoisotopic (exact) mass is 962 g/mol. The van der Waals surface area contributed by atoms with Gasteiger partial charge in [0.25, 0.3) is 0 Å². The lowest BCUT2D eigenvalue weighted by Crippen LogP contribution is -2.76. The molecule has 0 amide bonds. The number of hydrogen-bond acceptors (Lipinski definition) is 4. The Morgan fingerprint density at radius 2 is 0.328 bits per heavy atom. The molecule has 0 aliphatic carbocycles. The first-order valence-electron chi connectivity index (χ1n) is 11.3. The molecule has 0 spiro atoms. The summed E-state index contributed by atoms with van der Waals surface area (Å²) in [5.41, 5.74) is 0. The minimum Gasteiger partial charge on any atom is -0.477 e. The first kappa shape index (κ1) is 61.1. The van der Waals surface area contributed by atoms with Gasteiger partial charge in [0.15, 0.2) is 0 Å². The number of carboxylic acid groups (broad SMARTS) is 2. The topological polar surface area (TPSA) is 145 Å². The molecule has 0 fully saturated rings. The fourth-order valence-corrected chi connectivity index (χ4v) is 2.60. The van der Waals surface area contributed by atoms with E-state index in [-0.39, 0.29) is 12.3 Å². The molecule has 0 aliphatic heterocycles. The molecule has 0 atom stereocenters. The van der Waals surface area contributed by atoms with E-state index in [1.807, 2.05) is 0 Å². The fraction of sp³-hybridized carbons (Fsp3) is 0.889. The van der Waals surface area contributed by atoms with Crippen molar-refractivity contribution in [2.24, 2.45) is 0 Å². The van der Waals surface area contributed by atoms with Gasteiger partial charge >= 0.3 is 107 Å². The highest BCUT2D eigenvalue weighted by molar-refractivity contribution is 5.77. The first-order chi connectivity index (χ1) is 23.4. The minimum absolute atomic E-state index is 0. The van der Waals surface area contributed by atoms with Gasteiger partial charge in [-0.05, 0) is 0 Å². The molecule has 0 rings (SSSR count). The van der Waals surface area contributed by atoms with Crippen molar-refractivity contribution in [1.82, 2.24) is 12.3 Å². The van der Waals surface area contributed by atoms with E-state index in [2.05, 4.69) is 0 Å². The number of halogens is 34. The Morgan fingerprint density at radius 1 is 0.224 bits per heavy atom. The van der Waals surface area contributed by atoms with E-state index in [0.717, 1.165) is 0 Å². The quantitative estimate of drug-likeness (QED) is 0.128. The van der Waals surface area contributed by atoms with Gasteiger partial charge in [0, 0.05) is 0 Å². The van der Waals surface area contributed by atoms with E-state index >= 15 is 0 Å². The van der Waals surface area contributed by atoms with Crippen molar-refractivity contribution in [3.8, 4) is 0 Å². The second-order valence-corrected chi connectivity index (χ2v) is 9.65. The van der Waals surface area contributed by atoms with Crippen LogP contribution in [0.25, 0.3) is 0 Å². The molecule has 0 radical (unpaired) electrons. The third-order valence-electron chi connectivity index (χ3n) is 5.98. The maximum absolute atomic E-state index is 13.1. The van der Waals surface area contributed by atoms with Gasteiger partial charge in [-0.25, -0.2) is 9.59 Å². The van der Waals surface area contributed by atoms with Gasteiger partial charge in [0.1, 0.15) is 0 Å². The van der Waals surface area contributed by atoms with Crippen LogP contribution in [0.4, 0.5) is 149 Å². The van der Waals surface area contributed by atoms with Crippen LogP contribution >= 0.6 is 0 Å². The van der Waals surface area contributed by atoms with Crippen LogP contribution < -0.4 is 12.3 Å². The first-order valence-corrected chi connectivity index (χ1v) is 11.3. The molecule has 0 aromatic rings. The second kappa shape index (κ2) is 15.2. The van der Waals surface area contributed by atoms with E-state index in [9.17, 15) is 159 Å². The summed E-state index contributed by atoms with van der Waals surface area (Å²) in [6.07, 6.45) is -15.6. The highest BCUT2D eigenvalue weighted by atomic mass is 19.4. The van der Waals surface area contributed by atoms with Crippen molar-refractivity contribution in [2.75, 3.05) is 0 Å². The Hall–Kier alpha value is -3.52. The maximum Gasteiger partial charge on any atom is 0.460 e. The summed E-state index contributed by atoms with van der Waals surface area (Å²) in [7, 11) is 0. The molecule has 58 heavy (non-hydrogen) atoms. The third-order valence-corrected chi connectivity index (χ3v) is 5.98. The Labute approximate surface area is 290 Å². The smallest absolute Gasteiger partial charge is 0.460 e. The number of hydrogen-bond donors (Lipinski definition) is 4. The second-order valence-electron chi connectivity index (χ2n) is 9.65. The molecular weight excluding hydrogens is 954 g/mol. The van der Waals surface area contributed by atoms with Gasteiger partial charge in [0.05, 0.1) is 0 Å². The predicted molar refractivity (Wildman–Crippen MR) is 107 cm³/mol. The SMILES string of the molecule is N.N.O=C(O)C(F)(F)C(F)(F)C(F)(F)C(F)(F)C(F)(F)C(F)(F)C(F)(F)C(F)(F)C(F)(F)F.O=C(O)C(F)(F)C(F)(F)C(F)(F)C(F)(F)C(F)(F)C(F)(F)C(F)(F)F. The number of alkyl halides is 34. The summed E-state index contributed by atoms with van der Waals surface area (Å²) in [4.78, 5) is 19.5. The molecule has 0 saturated heterocycles. The van der Waals surface area contributed by atoms with Gasteiger partial charge < -0.3 is 22.5 Å². The van der Waals surface area contributed by atoms with Crippen molar-refractivity contribution < 1.29 is 169 Å². The number of carbonyl (C=O) groups is 2. The summed E-state index contributed by atoms with van der Waals surface area (Å²) in [6.45, 7) is 0. The largest absolute Gasteiger partial charge is 0.477 e. The number of rotatable bonds is 14. The van der Waals surface area contributed by atoms with Gasteiger partial charge in [-0.15, -0.1) is 0 Å². The molecule has 0 bridgehead atoms. The highest BCUT2D eigenvalue weighted by Crippen LogP contribution is 2.66. The van der Waals surface area contributed by atoms with E-state index in [1.54, 1.807) is 0 Å². The lowest BCUT2D eigenvalue weighted by Gasteiger charge is -2.43. The highest BCUT2D eigenvalue weighted by Gasteiger charge is 2.98. The standard InChI is InChI=1S/C10HF19O2.C8HF15O2.2H3N/c11-2(12,1(30)31)3(13,14)4(15,16)5(17,18)6(19,20)7(21,22)8(23,24)9(25,26)10(27,28)29;9-2(10,1(24)25)3(11,12)4(13,14)5(15,16)6(17,18)7(19,20)8(21,22)23;;/h(H,30,31);(H,24,25);2*1H3. The van der Waals surface area contributed by atoms with Crippen LogP contribution in [0.1, 0.15) is 0 Å². The lowest BCUT2D eigenvalue weighted by atomic mass is 9.87. The predicted octanol–water partition coefficient (Wildman–Crippen LogP) is 10.5. The van der Waals surface area contributed by atoms with Crippen LogP contribution in [0.5, 0.6) is 0 Å². The molecule has 0 aromatic carbocycles. The summed E-state index contributed by atoms with van der Waals surface area (Å²) >= 11 is 0. The van der Waals surface area contributed by atoms with Crippen molar-refractivity contribution in [1.29, 1.82) is 0 Å². The average molecular weight is 962 g/mol. The van der Waals surface area contributed by atoms with E-state index < -0.39 is 107 Å². The zero-order valence-corrected chi connectivity index (χ0v) is 25.0. The molecule has 0 heterocycles. The van der Waals surface area contributed by atoms with E-state index in [4.69, 9.17) is 10.2 Å². The molecule has 0 aromatic heterocycles. The Kier molecular flexibility index (Phi) is 16.0. The molecule has 0 aliphatic rings. The van der Waals surface area contributed by atoms with Crippen LogP contribution in [0.15, 0.2) is 0 Å². The maximum atomic E-state index is 13.1. The summed E-state index contributed by atoms with van der Waals surface area (Å²) in [6, 6.07) is 0.